The number of ketones is 1. The Labute approximate surface area is 182 Å². The van der Waals surface area contributed by atoms with Gasteiger partial charge in [0.2, 0.25) is 11.1 Å². The Morgan fingerprint density at radius 2 is 1.70 bits per heavy atom. The van der Waals surface area contributed by atoms with Gasteiger partial charge >= 0.3 is 10.1 Å². The van der Waals surface area contributed by atoms with Gasteiger partial charge in [-0.2, -0.15) is 8.42 Å². The van der Waals surface area contributed by atoms with Gasteiger partial charge in [0.15, 0.2) is 17.3 Å². The summed E-state index contributed by atoms with van der Waals surface area (Å²) >= 11 is -0.397. The standard InChI is InChI=1S/C20H20O7S3/c1-28-25-20-14-16(9-12-19(20)27-30(3,23)24)8-11-17(21)10-7-15-5-4-6-18(13-15)26-29(2)22/h4-14H,1-3H3/b10-7+,11-8+. The van der Waals surface area contributed by atoms with E-state index >= 15 is 0 Å². The van der Waals surface area contributed by atoms with Crippen molar-refractivity contribution >= 4 is 51.2 Å². The quantitative estimate of drug-likeness (QED) is 0.296. The summed E-state index contributed by atoms with van der Waals surface area (Å²) in [4.78, 5) is 12.1. The van der Waals surface area contributed by atoms with Crippen LogP contribution in [0.3, 0.4) is 0 Å². The van der Waals surface area contributed by atoms with Crippen molar-refractivity contribution in [2.24, 2.45) is 0 Å². The van der Waals surface area contributed by atoms with Crippen molar-refractivity contribution in [3.63, 3.8) is 0 Å². The first kappa shape index (κ1) is 23.7. The van der Waals surface area contributed by atoms with E-state index in [-0.39, 0.29) is 17.3 Å². The maximum atomic E-state index is 12.1. The third-order valence-corrected chi connectivity index (χ3v) is 4.59. The highest BCUT2D eigenvalue weighted by Crippen LogP contribution is 2.32. The molecule has 2 aromatic rings. The molecule has 0 radical (unpaired) electrons. The Balaban J connectivity index is 2.11. The molecule has 0 amide bonds. The van der Waals surface area contributed by atoms with Crippen molar-refractivity contribution < 1.29 is 30.0 Å². The van der Waals surface area contributed by atoms with E-state index in [0.29, 0.717) is 11.3 Å². The highest BCUT2D eigenvalue weighted by atomic mass is 32.2. The summed E-state index contributed by atoms with van der Waals surface area (Å²) in [6.07, 6.45) is 9.99. The van der Waals surface area contributed by atoms with E-state index in [2.05, 4.69) is 0 Å². The van der Waals surface area contributed by atoms with Gasteiger partial charge in [-0.05, 0) is 47.5 Å². The van der Waals surface area contributed by atoms with Gasteiger partial charge in [0.05, 0.1) is 18.3 Å². The molecule has 0 bridgehead atoms. The predicted octanol–water partition coefficient (Wildman–Crippen LogP) is 3.65. The van der Waals surface area contributed by atoms with Crippen LogP contribution in [0.15, 0.2) is 54.6 Å². The Bertz CT molecular complexity index is 1090. The van der Waals surface area contributed by atoms with Gasteiger partial charge < -0.3 is 12.5 Å². The Kier molecular flexibility index (Phi) is 8.70. The van der Waals surface area contributed by atoms with E-state index in [9.17, 15) is 17.4 Å². The first-order valence-corrected chi connectivity index (χ1v) is 12.9. The van der Waals surface area contributed by atoms with Gasteiger partial charge in [-0.15, -0.1) is 0 Å². The normalized spacial score (nSPS) is 12.8. The lowest BCUT2D eigenvalue weighted by molar-refractivity contribution is -0.110. The van der Waals surface area contributed by atoms with Crippen LogP contribution in [0, 0.1) is 0 Å². The molecule has 2 rings (SSSR count). The maximum Gasteiger partial charge on any atom is 0.306 e. The number of benzene rings is 2. The van der Waals surface area contributed by atoms with E-state index in [0.717, 1.165) is 23.9 Å². The van der Waals surface area contributed by atoms with Crippen molar-refractivity contribution in [1.29, 1.82) is 0 Å². The van der Waals surface area contributed by atoms with Crippen LogP contribution in [0.25, 0.3) is 12.2 Å². The molecule has 0 aliphatic carbocycles. The van der Waals surface area contributed by atoms with Crippen LogP contribution in [0.2, 0.25) is 0 Å². The number of hydrogen-bond donors (Lipinski definition) is 0. The highest BCUT2D eigenvalue weighted by Gasteiger charge is 2.12. The summed E-state index contributed by atoms with van der Waals surface area (Å²) in [5, 5.41) is 0. The van der Waals surface area contributed by atoms with Crippen LogP contribution < -0.4 is 12.5 Å². The SMILES string of the molecule is CSOc1cc(/C=C/C(=O)/C=C/c2cccc(OS(C)=O)c2)ccc1OS(C)(=O)=O. The third-order valence-electron chi connectivity index (χ3n) is 3.33. The van der Waals surface area contributed by atoms with Crippen LogP contribution in [0.5, 0.6) is 17.2 Å². The molecule has 0 aromatic heterocycles. The third kappa shape index (κ3) is 8.44. The van der Waals surface area contributed by atoms with Crippen LogP contribution in [-0.4, -0.2) is 37.2 Å². The van der Waals surface area contributed by atoms with Crippen molar-refractivity contribution in [3.8, 4) is 17.2 Å². The van der Waals surface area contributed by atoms with Crippen molar-refractivity contribution in [3.05, 3.63) is 65.7 Å². The lowest BCUT2D eigenvalue weighted by Gasteiger charge is -2.09. The largest absolute Gasteiger partial charge is 0.422 e. The smallest absolute Gasteiger partial charge is 0.306 e. The number of carbonyl (C=O) groups excluding carboxylic acids is 1. The minimum Gasteiger partial charge on any atom is -0.422 e. The van der Waals surface area contributed by atoms with E-state index in [1.807, 2.05) is 0 Å². The van der Waals surface area contributed by atoms with Crippen molar-refractivity contribution in [1.82, 2.24) is 0 Å². The number of rotatable bonds is 10. The fourth-order valence-corrected chi connectivity index (χ4v) is 3.38. The fraction of sp³-hybridized carbons (Fsp3) is 0.150. The molecule has 10 heteroatoms. The van der Waals surface area contributed by atoms with E-state index < -0.39 is 21.2 Å². The molecule has 0 saturated heterocycles. The summed E-state index contributed by atoms with van der Waals surface area (Å²) in [7, 11) is -3.70. The average molecular weight is 469 g/mol. The van der Waals surface area contributed by atoms with Crippen LogP contribution in [-0.2, 0) is 26.0 Å². The lowest BCUT2D eigenvalue weighted by atomic mass is 10.1. The molecule has 0 N–H and O–H groups in total. The molecule has 160 valence electrons. The molecule has 30 heavy (non-hydrogen) atoms. The topological polar surface area (TPSA) is 96.0 Å². The Morgan fingerprint density at radius 1 is 1.03 bits per heavy atom. The average Bonchev–Trinajstić information content (AvgIpc) is 2.65. The van der Waals surface area contributed by atoms with Gasteiger partial charge in [-0.3, -0.25) is 4.79 Å². The van der Waals surface area contributed by atoms with Gasteiger partial charge in [0.1, 0.15) is 5.75 Å². The molecule has 2 aromatic carbocycles. The molecular weight excluding hydrogens is 448 g/mol. The highest BCUT2D eigenvalue weighted by molar-refractivity contribution is 7.94. The molecule has 0 saturated carbocycles. The monoisotopic (exact) mass is 468 g/mol. The molecule has 0 aliphatic rings. The van der Waals surface area contributed by atoms with Crippen LogP contribution in [0.4, 0.5) is 0 Å². The zero-order chi connectivity index (χ0) is 22.1. The Hall–Kier alpha value is -2.56. The number of carbonyl (C=O) groups is 1. The zero-order valence-corrected chi connectivity index (χ0v) is 18.9. The van der Waals surface area contributed by atoms with Crippen molar-refractivity contribution in [2.45, 2.75) is 0 Å². The van der Waals surface area contributed by atoms with Crippen LogP contribution in [0.1, 0.15) is 11.1 Å². The summed E-state index contributed by atoms with van der Waals surface area (Å²) in [5.74, 6) is 0.469. The van der Waals surface area contributed by atoms with Crippen molar-refractivity contribution in [2.75, 3.05) is 18.8 Å². The van der Waals surface area contributed by atoms with E-state index in [4.69, 9.17) is 12.5 Å². The second kappa shape index (κ2) is 11.0. The molecule has 0 fully saturated rings. The minimum atomic E-state index is -3.70. The Morgan fingerprint density at radius 3 is 2.30 bits per heavy atom. The molecule has 0 spiro atoms. The van der Waals surface area contributed by atoms with E-state index in [1.165, 1.54) is 24.5 Å². The first-order chi connectivity index (χ1) is 14.2. The minimum absolute atomic E-state index is 0.0605. The maximum absolute atomic E-state index is 12.1. The van der Waals surface area contributed by atoms with E-state index in [1.54, 1.807) is 54.8 Å². The van der Waals surface area contributed by atoms with Crippen LogP contribution >= 0.6 is 12.0 Å². The van der Waals surface area contributed by atoms with Gasteiger partial charge in [-0.1, -0.05) is 30.4 Å². The number of allylic oxidation sites excluding steroid dienone is 2. The number of hydrogen-bond acceptors (Lipinski definition) is 8. The summed E-state index contributed by atoms with van der Waals surface area (Å²) in [6, 6.07) is 11.5. The lowest BCUT2D eigenvalue weighted by Crippen LogP contribution is -2.06. The first-order valence-electron chi connectivity index (χ1n) is 8.42. The summed E-state index contributed by atoms with van der Waals surface area (Å²) < 4.78 is 49.2. The summed E-state index contributed by atoms with van der Waals surface area (Å²) in [6.45, 7) is 0. The predicted molar refractivity (Wildman–Crippen MR) is 120 cm³/mol. The zero-order valence-electron chi connectivity index (χ0n) is 16.4. The molecule has 1 unspecified atom stereocenters. The van der Waals surface area contributed by atoms with Gasteiger partial charge in [-0.25, -0.2) is 4.21 Å². The molecule has 7 nitrogen and oxygen atoms in total. The molecule has 1 atom stereocenters. The molecule has 0 aliphatic heterocycles. The van der Waals surface area contributed by atoms with Gasteiger partial charge in [0, 0.05) is 12.5 Å². The second-order valence-corrected chi connectivity index (χ2v) is 8.91. The second-order valence-electron chi connectivity index (χ2n) is 5.87. The fourth-order valence-electron chi connectivity index (χ4n) is 2.23. The molecule has 0 heterocycles. The van der Waals surface area contributed by atoms with Gasteiger partial charge in [0.25, 0.3) is 0 Å². The molecular formula is C20H20O7S3. The summed E-state index contributed by atoms with van der Waals surface area (Å²) in [5.41, 5.74) is 1.35.